The molecule has 0 aromatic heterocycles. The van der Waals surface area contributed by atoms with Gasteiger partial charge in [0.25, 0.3) is 0 Å². The molecule has 0 fully saturated rings. The minimum atomic E-state index is -0.386. The number of ether oxygens (including phenoxy) is 1. The number of methoxy groups -OCH3 is 1. The number of carbonyl (C=O) groups is 1. The zero-order valence-corrected chi connectivity index (χ0v) is 10.6. The monoisotopic (exact) mass is 251 g/mol. The highest BCUT2D eigenvalue weighted by atomic mass is 35.5. The number of allylic oxidation sites excluding steroid dienone is 6. The summed E-state index contributed by atoms with van der Waals surface area (Å²) < 4.78 is 5.23. The molecule has 2 rings (SSSR count). The van der Waals surface area contributed by atoms with Crippen molar-refractivity contribution < 1.29 is 9.53 Å². The summed E-state index contributed by atoms with van der Waals surface area (Å²) in [5.41, 5.74) is 1.49. The average molecular weight is 252 g/mol. The van der Waals surface area contributed by atoms with Gasteiger partial charge < -0.3 is 4.74 Å². The molecule has 3 nitrogen and oxygen atoms in total. The number of carbonyl (C=O) groups excluding carboxylic acids is 1. The maximum atomic E-state index is 12.0. The summed E-state index contributed by atoms with van der Waals surface area (Å²) in [4.78, 5) is 16.5. The second kappa shape index (κ2) is 4.88. The maximum absolute atomic E-state index is 12.0. The lowest BCUT2D eigenvalue weighted by Crippen LogP contribution is -2.29. The van der Waals surface area contributed by atoms with E-state index in [-0.39, 0.29) is 11.7 Å². The van der Waals surface area contributed by atoms with Crippen molar-refractivity contribution >= 4 is 23.1 Å². The Bertz CT molecular complexity index is 472. The molecule has 0 aromatic carbocycles. The molecule has 17 heavy (non-hydrogen) atoms. The molecule has 0 amide bonds. The molecule has 1 heterocycles. The van der Waals surface area contributed by atoms with E-state index in [9.17, 15) is 4.79 Å². The van der Waals surface area contributed by atoms with Crippen LogP contribution in [-0.4, -0.2) is 18.6 Å². The molecule has 0 saturated heterocycles. The van der Waals surface area contributed by atoms with Crippen LogP contribution in [-0.2, 0) is 9.53 Å². The zero-order chi connectivity index (χ0) is 12.4. The van der Waals surface area contributed by atoms with Gasteiger partial charge in [-0.25, -0.2) is 0 Å². The molecule has 1 unspecified atom stereocenters. The van der Waals surface area contributed by atoms with E-state index in [0.717, 1.165) is 18.5 Å². The van der Waals surface area contributed by atoms with Crippen LogP contribution in [0.5, 0.6) is 0 Å². The van der Waals surface area contributed by atoms with Crippen molar-refractivity contribution in [2.45, 2.75) is 19.8 Å². The van der Waals surface area contributed by atoms with Crippen LogP contribution in [0.3, 0.4) is 0 Å². The molecule has 0 N–H and O–H groups in total. The number of fused-ring (bicyclic) bond motifs is 1. The first kappa shape index (κ1) is 12.1. The van der Waals surface area contributed by atoms with Crippen molar-refractivity contribution in [2.24, 2.45) is 10.9 Å². The predicted octanol–water partition coefficient (Wildman–Crippen LogP) is 2.98. The van der Waals surface area contributed by atoms with Crippen LogP contribution in [0.4, 0.5) is 0 Å². The summed E-state index contributed by atoms with van der Waals surface area (Å²) >= 11 is 5.95. The molecule has 0 radical (unpaired) electrons. The molecule has 0 saturated carbocycles. The van der Waals surface area contributed by atoms with Gasteiger partial charge in [-0.15, -0.1) is 0 Å². The molecule has 1 aliphatic heterocycles. The molecule has 2 aliphatic rings. The Labute approximate surface area is 106 Å². The SMILES string of the molecule is CCCC1=CC(=O)C2C=C(Cl)C=C(OC)C2=N1. The first-order valence-corrected chi connectivity index (χ1v) is 6.00. The van der Waals surface area contributed by atoms with Crippen molar-refractivity contribution in [3.8, 4) is 0 Å². The Morgan fingerprint density at radius 1 is 1.47 bits per heavy atom. The topological polar surface area (TPSA) is 38.7 Å². The van der Waals surface area contributed by atoms with E-state index in [1.54, 1.807) is 25.3 Å². The van der Waals surface area contributed by atoms with Crippen LogP contribution in [0.15, 0.2) is 39.7 Å². The van der Waals surface area contributed by atoms with E-state index in [1.165, 1.54) is 0 Å². The third kappa shape index (κ3) is 2.34. The van der Waals surface area contributed by atoms with Crippen LogP contribution < -0.4 is 0 Å². The average Bonchev–Trinajstić information content (AvgIpc) is 2.30. The molecule has 0 spiro atoms. The Morgan fingerprint density at radius 2 is 2.24 bits per heavy atom. The summed E-state index contributed by atoms with van der Waals surface area (Å²) in [6.07, 6.45) is 6.78. The van der Waals surface area contributed by atoms with Crippen LogP contribution in [0.2, 0.25) is 0 Å². The third-order valence-electron chi connectivity index (χ3n) is 2.75. The van der Waals surface area contributed by atoms with Crippen LogP contribution in [0.1, 0.15) is 19.8 Å². The van der Waals surface area contributed by atoms with Gasteiger partial charge in [-0.2, -0.15) is 0 Å². The second-order valence-corrected chi connectivity index (χ2v) is 4.46. The first-order chi connectivity index (χ1) is 8.15. The molecule has 1 atom stereocenters. The Kier molecular flexibility index (Phi) is 3.48. The summed E-state index contributed by atoms with van der Waals surface area (Å²) in [5.74, 6) is 0.222. The van der Waals surface area contributed by atoms with E-state index in [0.29, 0.717) is 16.5 Å². The van der Waals surface area contributed by atoms with Gasteiger partial charge in [0.05, 0.1) is 18.7 Å². The van der Waals surface area contributed by atoms with Gasteiger partial charge >= 0.3 is 0 Å². The second-order valence-electron chi connectivity index (χ2n) is 4.03. The standard InChI is InChI=1S/C13H14ClNO2/c1-3-4-9-7-11(16)10-5-8(14)6-12(17-2)13(10)15-9/h5-7,10H,3-4H2,1-2H3. The number of nitrogens with zero attached hydrogens (tertiary/aromatic N) is 1. The maximum Gasteiger partial charge on any atom is 0.170 e. The van der Waals surface area contributed by atoms with Gasteiger partial charge in [-0.1, -0.05) is 24.9 Å². The van der Waals surface area contributed by atoms with Crippen molar-refractivity contribution in [1.82, 2.24) is 0 Å². The lowest BCUT2D eigenvalue weighted by atomic mass is 9.89. The van der Waals surface area contributed by atoms with E-state index in [1.807, 2.05) is 0 Å². The summed E-state index contributed by atoms with van der Waals surface area (Å²) in [5, 5.41) is 0.520. The van der Waals surface area contributed by atoms with Gasteiger partial charge in [0, 0.05) is 22.9 Å². The number of aliphatic imine (C=N–C) groups is 1. The fourth-order valence-electron chi connectivity index (χ4n) is 1.97. The highest BCUT2D eigenvalue weighted by Crippen LogP contribution is 2.29. The van der Waals surface area contributed by atoms with Gasteiger partial charge in [-0.05, 0) is 12.5 Å². The Hall–Kier alpha value is -1.35. The molecule has 0 bridgehead atoms. The number of rotatable bonds is 3. The molecular formula is C13H14ClNO2. The lowest BCUT2D eigenvalue weighted by molar-refractivity contribution is -0.115. The molecule has 90 valence electrons. The highest BCUT2D eigenvalue weighted by molar-refractivity contribution is 6.33. The fraction of sp³-hybridized carbons (Fsp3) is 0.385. The van der Waals surface area contributed by atoms with Crippen LogP contribution in [0.25, 0.3) is 0 Å². The van der Waals surface area contributed by atoms with Crippen molar-refractivity contribution in [2.75, 3.05) is 7.11 Å². The van der Waals surface area contributed by atoms with Crippen LogP contribution in [0, 0.1) is 5.92 Å². The highest BCUT2D eigenvalue weighted by Gasteiger charge is 2.31. The van der Waals surface area contributed by atoms with Gasteiger partial charge in [0.15, 0.2) is 5.78 Å². The Morgan fingerprint density at radius 3 is 2.88 bits per heavy atom. The largest absolute Gasteiger partial charge is 0.495 e. The van der Waals surface area contributed by atoms with Crippen LogP contribution >= 0.6 is 11.6 Å². The van der Waals surface area contributed by atoms with Gasteiger partial charge in [-0.3, -0.25) is 9.79 Å². The number of hydrogen-bond donors (Lipinski definition) is 0. The minimum Gasteiger partial charge on any atom is -0.495 e. The predicted molar refractivity (Wildman–Crippen MR) is 68.0 cm³/mol. The number of ketones is 1. The normalized spacial score (nSPS) is 23.2. The molecular weight excluding hydrogens is 238 g/mol. The van der Waals surface area contributed by atoms with Crippen molar-refractivity contribution in [3.63, 3.8) is 0 Å². The molecule has 1 aliphatic carbocycles. The first-order valence-electron chi connectivity index (χ1n) is 5.62. The smallest absolute Gasteiger partial charge is 0.170 e. The van der Waals surface area contributed by atoms with E-state index < -0.39 is 0 Å². The van der Waals surface area contributed by atoms with Gasteiger partial charge in [0.1, 0.15) is 5.76 Å². The summed E-state index contributed by atoms with van der Waals surface area (Å²) in [6.45, 7) is 2.06. The quantitative estimate of drug-likeness (QED) is 0.774. The molecule has 0 aromatic rings. The summed E-state index contributed by atoms with van der Waals surface area (Å²) in [6, 6.07) is 0. The summed E-state index contributed by atoms with van der Waals surface area (Å²) in [7, 11) is 1.56. The fourth-order valence-corrected chi connectivity index (χ4v) is 2.19. The zero-order valence-electron chi connectivity index (χ0n) is 9.87. The number of hydrogen-bond acceptors (Lipinski definition) is 3. The number of halogens is 1. The molecule has 4 heteroatoms. The van der Waals surface area contributed by atoms with E-state index in [2.05, 4.69) is 11.9 Å². The van der Waals surface area contributed by atoms with Gasteiger partial charge in [0.2, 0.25) is 0 Å². The van der Waals surface area contributed by atoms with E-state index >= 15 is 0 Å². The minimum absolute atomic E-state index is 0.0271. The third-order valence-corrected chi connectivity index (χ3v) is 2.98. The van der Waals surface area contributed by atoms with Crippen molar-refractivity contribution in [3.05, 3.63) is 34.7 Å². The van der Waals surface area contributed by atoms with E-state index in [4.69, 9.17) is 16.3 Å². The lowest BCUT2D eigenvalue weighted by Gasteiger charge is -2.23. The van der Waals surface area contributed by atoms with Crippen molar-refractivity contribution in [1.29, 1.82) is 0 Å². The Balaban J connectivity index is 2.40.